The molecule has 2 aromatic rings. The molecule has 2 N–H and O–H groups in total. The van der Waals surface area contributed by atoms with Gasteiger partial charge in [-0.2, -0.15) is 13.2 Å². The molecule has 1 aromatic carbocycles. The molecule has 0 fully saturated rings. The molecule has 0 aliphatic heterocycles. The van der Waals surface area contributed by atoms with Crippen molar-refractivity contribution in [3.05, 3.63) is 64.4 Å². The monoisotopic (exact) mass is 300 g/mol. The van der Waals surface area contributed by atoms with Crippen molar-refractivity contribution in [2.45, 2.75) is 18.6 Å². The predicted molar refractivity (Wildman–Crippen MR) is 71.3 cm³/mol. The maximum Gasteiger partial charge on any atom is 0.416 e. The number of alkyl halides is 3. The van der Waals surface area contributed by atoms with Crippen molar-refractivity contribution in [2.75, 3.05) is 0 Å². The van der Waals surface area contributed by atoms with E-state index < -0.39 is 11.7 Å². The van der Waals surface area contributed by atoms with E-state index in [1.54, 1.807) is 18.3 Å². The molecule has 0 saturated heterocycles. The van der Waals surface area contributed by atoms with Crippen LogP contribution in [-0.2, 0) is 12.6 Å². The van der Waals surface area contributed by atoms with Crippen LogP contribution in [0.4, 0.5) is 13.2 Å². The predicted octanol–water partition coefficient (Wildman–Crippen LogP) is 4.00. The molecule has 1 atom stereocenters. The normalized spacial score (nSPS) is 13.2. The lowest BCUT2D eigenvalue weighted by molar-refractivity contribution is -0.137. The summed E-state index contributed by atoms with van der Waals surface area (Å²) in [5.74, 6) is 0. The number of benzene rings is 1. The number of nitrogens with zero attached hydrogens (tertiary/aromatic N) is 1. The first-order chi connectivity index (χ1) is 9.36. The molecule has 2 nitrogen and oxygen atoms in total. The van der Waals surface area contributed by atoms with Crippen molar-refractivity contribution < 1.29 is 13.2 Å². The van der Waals surface area contributed by atoms with Gasteiger partial charge in [0.05, 0.1) is 5.56 Å². The van der Waals surface area contributed by atoms with Crippen LogP contribution < -0.4 is 5.73 Å². The summed E-state index contributed by atoms with van der Waals surface area (Å²) >= 11 is 5.68. The minimum absolute atomic E-state index is 0.337. The summed E-state index contributed by atoms with van der Waals surface area (Å²) < 4.78 is 37.3. The van der Waals surface area contributed by atoms with Gasteiger partial charge in [-0.3, -0.25) is 0 Å². The van der Waals surface area contributed by atoms with E-state index in [0.29, 0.717) is 11.6 Å². The molecule has 0 bridgehead atoms. The summed E-state index contributed by atoms with van der Waals surface area (Å²) in [4.78, 5) is 3.92. The van der Waals surface area contributed by atoms with Crippen LogP contribution in [0.3, 0.4) is 0 Å². The van der Waals surface area contributed by atoms with Crippen LogP contribution in [-0.4, -0.2) is 4.98 Å². The van der Waals surface area contributed by atoms with E-state index in [-0.39, 0.29) is 6.04 Å². The molecular formula is C14H12ClF3N2. The minimum Gasteiger partial charge on any atom is -0.324 e. The van der Waals surface area contributed by atoms with Crippen molar-refractivity contribution in [1.29, 1.82) is 0 Å². The smallest absolute Gasteiger partial charge is 0.324 e. The molecule has 0 saturated carbocycles. The third-order valence-corrected chi connectivity index (χ3v) is 3.14. The van der Waals surface area contributed by atoms with Gasteiger partial charge in [0, 0.05) is 12.2 Å². The first-order valence-electron chi connectivity index (χ1n) is 5.89. The molecule has 2 rings (SSSR count). The topological polar surface area (TPSA) is 38.9 Å². The van der Waals surface area contributed by atoms with Crippen LogP contribution in [0, 0.1) is 0 Å². The highest BCUT2D eigenvalue weighted by Gasteiger charge is 2.29. The summed E-state index contributed by atoms with van der Waals surface area (Å²) in [6.07, 6.45) is -2.32. The first kappa shape index (κ1) is 14.8. The highest BCUT2D eigenvalue weighted by atomic mass is 35.5. The molecule has 0 aliphatic rings. The van der Waals surface area contributed by atoms with Crippen LogP contribution in [0.25, 0.3) is 0 Å². The third-order valence-electron chi connectivity index (χ3n) is 2.92. The number of pyridine rings is 1. The number of halogens is 4. The average Bonchev–Trinajstić information content (AvgIpc) is 2.39. The lowest BCUT2D eigenvalue weighted by Gasteiger charge is -2.13. The zero-order chi connectivity index (χ0) is 14.8. The van der Waals surface area contributed by atoms with Gasteiger partial charge in [0.2, 0.25) is 0 Å². The van der Waals surface area contributed by atoms with Crippen molar-refractivity contribution in [3.8, 4) is 0 Å². The molecule has 6 heteroatoms. The van der Waals surface area contributed by atoms with Gasteiger partial charge >= 0.3 is 6.18 Å². The Balaban J connectivity index is 2.08. The minimum atomic E-state index is -4.32. The zero-order valence-electron chi connectivity index (χ0n) is 10.4. The molecular weight excluding hydrogens is 289 g/mol. The average molecular weight is 301 g/mol. The van der Waals surface area contributed by atoms with E-state index in [1.807, 2.05) is 0 Å². The lowest BCUT2D eigenvalue weighted by Crippen LogP contribution is -2.14. The molecule has 20 heavy (non-hydrogen) atoms. The van der Waals surface area contributed by atoms with Crippen molar-refractivity contribution >= 4 is 11.6 Å². The Labute approximate surface area is 119 Å². The fourth-order valence-electron chi connectivity index (χ4n) is 1.81. The van der Waals surface area contributed by atoms with Crippen LogP contribution in [0.15, 0.2) is 42.6 Å². The van der Waals surface area contributed by atoms with Gasteiger partial charge in [-0.15, -0.1) is 0 Å². The maximum absolute atomic E-state index is 12.4. The van der Waals surface area contributed by atoms with Crippen molar-refractivity contribution in [2.24, 2.45) is 5.73 Å². The first-order valence-corrected chi connectivity index (χ1v) is 6.27. The van der Waals surface area contributed by atoms with Crippen molar-refractivity contribution in [1.82, 2.24) is 4.98 Å². The van der Waals surface area contributed by atoms with E-state index >= 15 is 0 Å². The Bertz CT molecular complexity index is 564. The highest BCUT2D eigenvalue weighted by molar-refractivity contribution is 6.29. The molecule has 106 valence electrons. The summed E-state index contributed by atoms with van der Waals surface area (Å²) in [5.41, 5.74) is 6.85. The van der Waals surface area contributed by atoms with Gasteiger partial charge in [0.1, 0.15) is 5.15 Å². The van der Waals surface area contributed by atoms with Gasteiger partial charge < -0.3 is 5.73 Å². The Hall–Kier alpha value is -1.59. The van der Waals surface area contributed by atoms with Crippen LogP contribution in [0.1, 0.15) is 22.7 Å². The summed E-state index contributed by atoms with van der Waals surface area (Å²) in [6, 6.07) is 8.03. The van der Waals surface area contributed by atoms with E-state index in [9.17, 15) is 13.2 Å². The quantitative estimate of drug-likeness (QED) is 0.870. The third kappa shape index (κ3) is 3.71. The Morgan fingerprint density at radius 3 is 2.25 bits per heavy atom. The van der Waals surface area contributed by atoms with E-state index in [4.69, 9.17) is 17.3 Å². The van der Waals surface area contributed by atoms with Gasteiger partial charge in [-0.25, -0.2) is 4.98 Å². The van der Waals surface area contributed by atoms with Gasteiger partial charge in [-0.05, 0) is 35.7 Å². The summed E-state index contributed by atoms with van der Waals surface area (Å²) in [7, 11) is 0. The molecule has 1 heterocycles. The highest BCUT2D eigenvalue weighted by Crippen LogP contribution is 2.29. The SMILES string of the molecule is NC(Cc1ccc(C(F)(F)F)cc1)c1ccc(Cl)nc1. The van der Waals surface area contributed by atoms with Gasteiger partial charge in [0.25, 0.3) is 0 Å². The second-order valence-electron chi connectivity index (χ2n) is 4.42. The van der Waals surface area contributed by atoms with E-state index in [2.05, 4.69) is 4.98 Å². The van der Waals surface area contributed by atoms with Crippen LogP contribution >= 0.6 is 11.6 Å². The summed E-state index contributed by atoms with van der Waals surface area (Å²) in [5, 5.41) is 0.371. The molecule has 1 unspecified atom stereocenters. The van der Waals surface area contributed by atoms with Gasteiger partial charge in [0.15, 0.2) is 0 Å². The lowest BCUT2D eigenvalue weighted by atomic mass is 10.00. The number of aromatic nitrogens is 1. The number of rotatable bonds is 3. The number of hydrogen-bond donors (Lipinski definition) is 1. The molecule has 0 aliphatic carbocycles. The fraction of sp³-hybridized carbons (Fsp3) is 0.214. The molecule has 0 radical (unpaired) electrons. The second-order valence-corrected chi connectivity index (χ2v) is 4.81. The maximum atomic E-state index is 12.4. The van der Waals surface area contributed by atoms with E-state index in [1.165, 1.54) is 12.1 Å². The Morgan fingerprint density at radius 2 is 1.75 bits per heavy atom. The van der Waals surface area contributed by atoms with Gasteiger partial charge in [-0.1, -0.05) is 29.8 Å². The largest absolute Gasteiger partial charge is 0.416 e. The molecule has 0 spiro atoms. The molecule has 0 amide bonds. The van der Waals surface area contributed by atoms with Crippen LogP contribution in [0.2, 0.25) is 5.15 Å². The standard InChI is InChI=1S/C14H12ClF3N2/c15-13-6-3-10(8-20-13)12(19)7-9-1-4-11(5-2-9)14(16,17)18/h1-6,8,12H,7,19H2. The van der Waals surface area contributed by atoms with Crippen LogP contribution in [0.5, 0.6) is 0 Å². The number of nitrogens with two attached hydrogens (primary N) is 1. The van der Waals surface area contributed by atoms with E-state index in [0.717, 1.165) is 23.3 Å². The Morgan fingerprint density at radius 1 is 1.10 bits per heavy atom. The van der Waals surface area contributed by atoms with Crippen molar-refractivity contribution in [3.63, 3.8) is 0 Å². The number of hydrogen-bond acceptors (Lipinski definition) is 2. The second kappa shape index (κ2) is 5.81. The summed E-state index contributed by atoms with van der Waals surface area (Å²) in [6.45, 7) is 0. The fourth-order valence-corrected chi connectivity index (χ4v) is 1.92. The molecule has 1 aromatic heterocycles. The zero-order valence-corrected chi connectivity index (χ0v) is 11.1. The Kier molecular flexibility index (Phi) is 4.30.